The van der Waals surface area contributed by atoms with Gasteiger partial charge in [-0.05, 0) is 58.5 Å². The summed E-state index contributed by atoms with van der Waals surface area (Å²) < 4.78 is 31.7. The number of rotatable bonds is 6. The molecule has 1 aliphatic rings. The van der Waals surface area contributed by atoms with Crippen molar-refractivity contribution in [3.8, 4) is 11.3 Å². The van der Waals surface area contributed by atoms with Crippen LogP contribution in [0.4, 0.5) is 20.5 Å². The Balaban J connectivity index is 1.37. The van der Waals surface area contributed by atoms with E-state index < -0.39 is 11.6 Å². The zero-order valence-electron chi connectivity index (χ0n) is 22.7. The van der Waals surface area contributed by atoms with Crippen LogP contribution in [0.3, 0.4) is 0 Å². The van der Waals surface area contributed by atoms with Crippen molar-refractivity contribution >= 4 is 28.7 Å². The van der Waals surface area contributed by atoms with E-state index in [9.17, 15) is 13.6 Å². The van der Waals surface area contributed by atoms with Gasteiger partial charge >= 0.3 is 0 Å². The zero-order valence-corrected chi connectivity index (χ0v) is 22.7. The van der Waals surface area contributed by atoms with Crippen LogP contribution in [-0.2, 0) is 0 Å². The fourth-order valence-corrected chi connectivity index (χ4v) is 5.18. The molecule has 204 valence electrons. The van der Waals surface area contributed by atoms with Crippen LogP contribution in [0.2, 0.25) is 0 Å². The number of halogens is 2. The Morgan fingerprint density at radius 2 is 1.90 bits per heavy atom. The molecule has 1 aromatic carbocycles. The predicted molar refractivity (Wildman–Crippen MR) is 146 cm³/mol. The molecule has 0 radical (unpaired) electrons. The van der Waals surface area contributed by atoms with Gasteiger partial charge in [0.2, 0.25) is 5.95 Å². The van der Waals surface area contributed by atoms with Gasteiger partial charge in [0.25, 0.3) is 5.91 Å². The van der Waals surface area contributed by atoms with Gasteiger partial charge in [0.15, 0.2) is 11.6 Å². The maximum absolute atomic E-state index is 15.0. The quantitative estimate of drug-likeness (QED) is 0.374. The van der Waals surface area contributed by atoms with E-state index in [0.29, 0.717) is 29.3 Å². The Bertz CT molecular complexity index is 1520. The van der Waals surface area contributed by atoms with E-state index in [4.69, 9.17) is 0 Å². The molecule has 0 spiro atoms. The SMILES string of the molecule is CCN1CCN(C(=O)c2ccc(Nc3ncc(F)c(-c4cc(F)c5nc(C)n(C(C)C)c5c4)n3)nc2)[C@H](C)C1. The first-order valence-electron chi connectivity index (χ1n) is 13.1. The number of aromatic nitrogens is 5. The summed E-state index contributed by atoms with van der Waals surface area (Å²) in [4.78, 5) is 34.3. The molecule has 3 aromatic heterocycles. The predicted octanol–water partition coefficient (Wildman–Crippen LogP) is 4.97. The number of carbonyl (C=O) groups is 1. The highest BCUT2D eigenvalue weighted by Gasteiger charge is 2.27. The summed E-state index contributed by atoms with van der Waals surface area (Å²) in [5, 5.41) is 2.95. The second-order valence-electron chi connectivity index (χ2n) is 10.1. The van der Waals surface area contributed by atoms with Crippen molar-refractivity contribution in [2.24, 2.45) is 0 Å². The van der Waals surface area contributed by atoms with E-state index in [1.807, 2.05) is 37.2 Å². The van der Waals surface area contributed by atoms with Gasteiger partial charge in [-0.15, -0.1) is 0 Å². The summed E-state index contributed by atoms with van der Waals surface area (Å²) >= 11 is 0. The molecule has 5 rings (SSSR count). The highest BCUT2D eigenvalue weighted by molar-refractivity contribution is 5.94. The molecular formula is C28H32F2N8O. The molecule has 1 amide bonds. The van der Waals surface area contributed by atoms with Crippen LogP contribution >= 0.6 is 0 Å². The van der Waals surface area contributed by atoms with Crippen molar-refractivity contribution in [3.63, 3.8) is 0 Å². The lowest BCUT2D eigenvalue weighted by Gasteiger charge is -2.39. The van der Waals surface area contributed by atoms with Gasteiger partial charge in [-0.1, -0.05) is 6.92 Å². The first kappa shape index (κ1) is 26.6. The van der Waals surface area contributed by atoms with Gasteiger partial charge in [-0.3, -0.25) is 9.69 Å². The number of hydrogen-bond donors (Lipinski definition) is 1. The second-order valence-corrected chi connectivity index (χ2v) is 10.1. The normalized spacial score (nSPS) is 16.3. The molecule has 4 heterocycles. The van der Waals surface area contributed by atoms with E-state index in [1.165, 1.54) is 12.3 Å². The topological polar surface area (TPSA) is 92.1 Å². The third kappa shape index (κ3) is 5.18. The number of aryl methyl sites for hydroxylation is 1. The molecular weight excluding hydrogens is 502 g/mol. The van der Waals surface area contributed by atoms with Gasteiger partial charge in [0.1, 0.15) is 22.9 Å². The van der Waals surface area contributed by atoms with Crippen molar-refractivity contribution in [2.45, 2.75) is 46.7 Å². The number of piperazine rings is 1. The third-order valence-corrected chi connectivity index (χ3v) is 7.13. The van der Waals surface area contributed by atoms with E-state index >= 15 is 0 Å². The highest BCUT2D eigenvalue weighted by atomic mass is 19.1. The lowest BCUT2D eigenvalue weighted by atomic mass is 10.1. The molecule has 0 aliphatic carbocycles. The third-order valence-electron chi connectivity index (χ3n) is 7.13. The Kier molecular flexibility index (Phi) is 7.26. The Hall–Kier alpha value is -3.99. The number of nitrogens with zero attached hydrogens (tertiary/aromatic N) is 7. The molecule has 1 atom stereocenters. The fraction of sp³-hybridized carbons (Fsp3) is 0.393. The lowest BCUT2D eigenvalue weighted by molar-refractivity contribution is 0.0499. The standard InChI is InChI=1S/C28H32F2N8O/c1-6-36-9-10-37(17(4)15-36)27(39)19-7-8-24(31-13-19)34-28-32-14-22(30)25(35-28)20-11-21(29)26-23(12-20)38(16(2)3)18(5)33-26/h7-8,11-14,16-17H,6,9-10,15H2,1-5H3,(H,31,32,34,35)/t17-/m1/s1. The van der Waals surface area contributed by atoms with Crippen molar-refractivity contribution < 1.29 is 13.6 Å². The number of carbonyl (C=O) groups excluding carboxylic acids is 1. The van der Waals surface area contributed by atoms with Crippen LogP contribution in [0, 0.1) is 18.6 Å². The number of likely N-dealkylation sites (N-methyl/N-ethyl adjacent to an activating group) is 1. The molecule has 4 aromatic rings. The maximum Gasteiger partial charge on any atom is 0.255 e. The molecule has 1 saturated heterocycles. The number of hydrogen-bond acceptors (Lipinski definition) is 7. The summed E-state index contributed by atoms with van der Waals surface area (Å²) in [6.45, 7) is 13.3. The minimum absolute atomic E-state index is 0.0437. The number of anilines is 2. The van der Waals surface area contributed by atoms with Crippen molar-refractivity contribution in [3.05, 3.63) is 59.7 Å². The largest absolute Gasteiger partial charge is 0.333 e. The molecule has 0 unspecified atom stereocenters. The number of fused-ring (bicyclic) bond motifs is 1. The first-order valence-corrected chi connectivity index (χ1v) is 13.1. The minimum atomic E-state index is -0.683. The van der Waals surface area contributed by atoms with Crippen LogP contribution in [0.25, 0.3) is 22.3 Å². The molecule has 0 saturated carbocycles. The van der Waals surface area contributed by atoms with Gasteiger partial charge in [0.05, 0.1) is 17.3 Å². The summed E-state index contributed by atoms with van der Waals surface area (Å²) in [5.74, 6) is -0.139. The van der Waals surface area contributed by atoms with E-state index in [0.717, 1.165) is 25.8 Å². The first-order chi connectivity index (χ1) is 18.7. The lowest BCUT2D eigenvalue weighted by Crippen LogP contribution is -2.53. The summed E-state index contributed by atoms with van der Waals surface area (Å²) in [6, 6.07) is 6.42. The summed E-state index contributed by atoms with van der Waals surface area (Å²) in [6.07, 6.45) is 2.54. The van der Waals surface area contributed by atoms with Crippen LogP contribution < -0.4 is 5.32 Å². The van der Waals surface area contributed by atoms with E-state index in [-0.39, 0.29) is 40.7 Å². The number of pyridine rings is 1. The van der Waals surface area contributed by atoms with Crippen LogP contribution in [0.15, 0.2) is 36.7 Å². The summed E-state index contributed by atoms with van der Waals surface area (Å²) in [5.41, 5.74) is 1.51. The van der Waals surface area contributed by atoms with E-state index in [2.05, 4.69) is 37.1 Å². The number of nitrogens with one attached hydrogen (secondary N) is 1. The number of benzene rings is 1. The molecule has 11 heteroatoms. The monoisotopic (exact) mass is 534 g/mol. The van der Waals surface area contributed by atoms with Crippen molar-refractivity contribution in [1.29, 1.82) is 0 Å². The van der Waals surface area contributed by atoms with Gasteiger partial charge in [-0.25, -0.2) is 28.7 Å². The molecule has 0 bridgehead atoms. The van der Waals surface area contributed by atoms with Crippen molar-refractivity contribution in [2.75, 3.05) is 31.5 Å². The van der Waals surface area contributed by atoms with Gasteiger partial charge < -0.3 is 14.8 Å². The van der Waals surface area contributed by atoms with Gasteiger partial charge in [-0.2, -0.15) is 0 Å². The Morgan fingerprint density at radius 3 is 2.56 bits per heavy atom. The minimum Gasteiger partial charge on any atom is -0.333 e. The average Bonchev–Trinajstić information content (AvgIpc) is 3.26. The van der Waals surface area contributed by atoms with Gasteiger partial charge in [0, 0.05) is 43.5 Å². The fourth-order valence-electron chi connectivity index (χ4n) is 5.18. The number of amides is 1. The smallest absolute Gasteiger partial charge is 0.255 e. The maximum atomic E-state index is 15.0. The molecule has 39 heavy (non-hydrogen) atoms. The summed E-state index contributed by atoms with van der Waals surface area (Å²) in [7, 11) is 0. The van der Waals surface area contributed by atoms with Crippen LogP contribution in [0.5, 0.6) is 0 Å². The number of imidazole rings is 1. The van der Waals surface area contributed by atoms with Crippen LogP contribution in [0.1, 0.15) is 49.9 Å². The molecule has 1 aliphatic heterocycles. The molecule has 1 fully saturated rings. The zero-order chi connectivity index (χ0) is 27.8. The Labute approximate surface area is 225 Å². The van der Waals surface area contributed by atoms with E-state index in [1.54, 1.807) is 18.2 Å². The molecule has 1 N–H and O–H groups in total. The van der Waals surface area contributed by atoms with Crippen molar-refractivity contribution in [1.82, 2.24) is 34.3 Å². The highest BCUT2D eigenvalue weighted by Crippen LogP contribution is 2.30. The second kappa shape index (κ2) is 10.6. The Morgan fingerprint density at radius 1 is 1.10 bits per heavy atom. The van der Waals surface area contributed by atoms with Crippen LogP contribution in [-0.4, -0.2) is 72.4 Å². The molecule has 9 nitrogen and oxygen atoms in total. The average molecular weight is 535 g/mol.